The summed E-state index contributed by atoms with van der Waals surface area (Å²) in [6, 6.07) is 7.83. The van der Waals surface area contributed by atoms with Crippen molar-refractivity contribution >= 4 is 17.7 Å². The van der Waals surface area contributed by atoms with Gasteiger partial charge >= 0.3 is 0 Å². The van der Waals surface area contributed by atoms with Crippen LogP contribution in [0.4, 0.5) is 0 Å². The van der Waals surface area contributed by atoms with Crippen molar-refractivity contribution in [3.05, 3.63) is 60.8 Å². The summed E-state index contributed by atoms with van der Waals surface area (Å²) in [6.07, 6.45) is 11.3. The van der Waals surface area contributed by atoms with Crippen molar-refractivity contribution in [1.82, 2.24) is 24.6 Å². The smallest absolute Gasteiger partial charge is 0.244 e. The van der Waals surface area contributed by atoms with E-state index in [1.54, 1.807) is 43.6 Å². The fraction of sp³-hybridized carbons (Fsp3) is 0.292. The van der Waals surface area contributed by atoms with E-state index in [1.165, 1.54) is 6.20 Å². The molecule has 1 amide bonds. The van der Waals surface area contributed by atoms with Crippen LogP contribution in [0, 0.1) is 0 Å². The molecule has 170 valence electrons. The van der Waals surface area contributed by atoms with Crippen LogP contribution in [0.15, 0.2) is 60.2 Å². The van der Waals surface area contributed by atoms with Gasteiger partial charge in [-0.15, -0.1) is 0 Å². The van der Waals surface area contributed by atoms with Gasteiger partial charge in [-0.1, -0.05) is 18.2 Å². The molecule has 9 nitrogen and oxygen atoms in total. The summed E-state index contributed by atoms with van der Waals surface area (Å²) in [5, 5.41) is 4.33. The van der Waals surface area contributed by atoms with Gasteiger partial charge in [-0.25, -0.2) is 9.97 Å². The Hall–Kier alpha value is -3.85. The fourth-order valence-corrected chi connectivity index (χ4v) is 3.80. The summed E-state index contributed by atoms with van der Waals surface area (Å²) in [5.41, 5.74) is 10.0. The lowest BCUT2D eigenvalue weighted by Gasteiger charge is -2.15. The van der Waals surface area contributed by atoms with Crippen LogP contribution in [-0.4, -0.2) is 70.1 Å². The number of aromatic nitrogens is 4. The van der Waals surface area contributed by atoms with Gasteiger partial charge in [-0.2, -0.15) is 5.10 Å². The molecule has 3 aromatic rings. The summed E-state index contributed by atoms with van der Waals surface area (Å²) in [4.78, 5) is 27.4. The van der Waals surface area contributed by atoms with E-state index in [0.29, 0.717) is 12.4 Å². The second-order valence-electron chi connectivity index (χ2n) is 7.80. The van der Waals surface area contributed by atoms with Gasteiger partial charge < -0.3 is 15.4 Å². The van der Waals surface area contributed by atoms with Crippen LogP contribution in [-0.2, 0) is 16.1 Å². The molecule has 0 radical (unpaired) electrons. The van der Waals surface area contributed by atoms with Crippen LogP contribution in [0.25, 0.3) is 28.1 Å². The third kappa shape index (κ3) is 5.15. The second kappa shape index (κ2) is 10.2. The highest BCUT2D eigenvalue weighted by atomic mass is 16.5. The molecular weight excluding hydrogens is 418 g/mol. The Morgan fingerprint density at radius 1 is 1.24 bits per heavy atom. The number of allylic oxidation sites excluding steroid dienone is 1. The quantitative estimate of drug-likeness (QED) is 0.559. The number of aliphatic imine (C=N–C) groups is 1. The molecule has 4 rings (SSSR count). The monoisotopic (exact) mass is 445 g/mol. The first-order valence-electron chi connectivity index (χ1n) is 10.7. The minimum Gasteiger partial charge on any atom is -0.404 e. The predicted octanol–water partition coefficient (Wildman–Crippen LogP) is 2.25. The van der Waals surface area contributed by atoms with Crippen LogP contribution in [0.3, 0.4) is 0 Å². The molecule has 3 heterocycles. The molecule has 1 saturated heterocycles. The molecule has 0 aliphatic carbocycles. The number of nitrogens with zero attached hydrogens (tertiary/aromatic N) is 6. The Bertz CT molecular complexity index is 1170. The molecule has 1 aliphatic heterocycles. The molecule has 1 aliphatic rings. The Morgan fingerprint density at radius 2 is 2.06 bits per heavy atom. The second-order valence-corrected chi connectivity index (χ2v) is 7.80. The number of ether oxygens (including phenoxy) is 1. The van der Waals surface area contributed by atoms with Crippen molar-refractivity contribution in [2.24, 2.45) is 10.7 Å². The fourth-order valence-electron chi connectivity index (χ4n) is 3.80. The van der Waals surface area contributed by atoms with Crippen molar-refractivity contribution < 1.29 is 9.53 Å². The standard InChI is InChI=1S/C24H27N7O2/c1-26-10-19(9-25)17-4-3-5-18(8-17)24-27-11-20(12-28-24)21-13-29-31(14-21)16-23(32)30-7-6-22(15-30)33-2/h3-5,8-14,22H,6-7,15-16,25H2,1-2H3/b19-9+,26-10?. The summed E-state index contributed by atoms with van der Waals surface area (Å²) in [5.74, 6) is 0.643. The number of rotatable bonds is 7. The molecule has 1 unspecified atom stereocenters. The van der Waals surface area contributed by atoms with Gasteiger partial charge in [0.1, 0.15) is 6.54 Å². The molecule has 0 saturated carbocycles. The van der Waals surface area contributed by atoms with E-state index < -0.39 is 0 Å². The normalized spacial score (nSPS) is 16.6. The summed E-state index contributed by atoms with van der Waals surface area (Å²) in [7, 11) is 3.38. The number of amides is 1. The Balaban J connectivity index is 1.45. The average Bonchev–Trinajstić information content (AvgIpc) is 3.52. The topological polar surface area (TPSA) is 112 Å². The van der Waals surface area contributed by atoms with Gasteiger partial charge in [0.25, 0.3) is 0 Å². The number of hydrogen-bond donors (Lipinski definition) is 1. The van der Waals surface area contributed by atoms with Gasteiger partial charge in [0.2, 0.25) is 5.91 Å². The van der Waals surface area contributed by atoms with Crippen molar-refractivity contribution in [3.63, 3.8) is 0 Å². The van der Waals surface area contributed by atoms with E-state index >= 15 is 0 Å². The first-order chi connectivity index (χ1) is 16.1. The van der Waals surface area contributed by atoms with Crippen LogP contribution in [0.5, 0.6) is 0 Å². The van der Waals surface area contributed by atoms with E-state index in [-0.39, 0.29) is 18.6 Å². The SMILES string of the molecule is CN=C/C(=C\N)c1cccc(-c2ncc(-c3cnn(CC(=O)N4CCC(OC)C4)c3)cn2)c1. The summed E-state index contributed by atoms with van der Waals surface area (Å²) >= 11 is 0. The lowest BCUT2D eigenvalue weighted by atomic mass is 10.0. The number of benzene rings is 1. The van der Waals surface area contributed by atoms with Crippen molar-refractivity contribution in [2.75, 3.05) is 27.2 Å². The molecule has 2 aromatic heterocycles. The molecular formula is C24H27N7O2. The molecule has 2 N–H and O–H groups in total. The van der Waals surface area contributed by atoms with Gasteiger partial charge in [-0.3, -0.25) is 14.5 Å². The highest BCUT2D eigenvalue weighted by molar-refractivity contribution is 6.09. The number of carbonyl (C=O) groups excluding carboxylic acids is 1. The maximum absolute atomic E-state index is 12.5. The van der Waals surface area contributed by atoms with E-state index in [9.17, 15) is 4.79 Å². The minimum atomic E-state index is 0.0368. The van der Waals surface area contributed by atoms with Gasteiger partial charge in [-0.05, 0) is 18.1 Å². The molecule has 1 fully saturated rings. The largest absolute Gasteiger partial charge is 0.404 e. The third-order valence-corrected chi connectivity index (χ3v) is 5.65. The number of carbonyl (C=O) groups is 1. The first-order valence-corrected chi connectivity index (χ1v) is 10.7. The molecule has 33 heavy (non-hydrogen) atoms. The predicted molar refractivity (Wildman–Crippen MR) is 127 cm³/mol. The van der Waals surface area contributed by atoms with Crippen LogP contribution in [0.2, 0.25) is 0 Å². The Kier molecular flexibility index (Phi) is 6.89. The van der Waals surface area contributed by atoms with Crippen molar-refractivity contribution in [3.8, 4) is 22.5 Å². The third-order valence-electron chi connectivity index (χ3n) is 5.65. The van der Waals surface area contributed by atoms with Crippen LogP contribution < -0.4 is 5.73 Å². The zero-order valence-corrected chi connectivity index (χ0v) is 18.8. The number of nitrogens with two attached hydrogens (primary N) is 1. The zero-order chi connectivity index (χ0) is 23.2. The highest BCUT2D eigenvalue weighted by Gasteiger charge is 2.26. The maximum atomic E-state index is 12.5. The van der Waals surface area contributed by atoms with Crippen LogP contribution >= 0.6 is 0 Å². The highest BCUT2D eigenvalue weighted by Crippen LogP contribution is 2.23. The van der Waals surface area contributed by atoms with Gasteiger partial charge in [0.15, 0.2) is 5.82 Å². The lowest BCUT2D eigenvalue weighted by molar-refractivity contribution is -0.131. The van der Waals surface area contributed by atoms with Crippen LogP contribution in [0.1, 0.15) is 12.0 Å². The van der Waals surface area contributed by atoms with Crippen molar-refractivity contribution in [1.29, 1.82) is 0 Å². The van der Waals surface area contributed by atoms with E-state index in [2.05, 4.69) is 20.1 Å². The average molecular weight is 446 g/mol. The maximum Gasteiger partial charge on any atom is 0.244 e. The molecule has 0 bridgehead atoms. The zero-order valence-electron chi connectivity index (χ0n) is 18.8. The van der Waals surface area contributed by atoms with Gasteiger partial charge in [0, 0.05) is 80.5 Å². The molecule has 9 heteroatoms. The summed E-state index contributed by atoms with van der Waals surface area (Å²) in [6.45, 7) is 1.55. The lowest BCUT2D eigenvalue weighted by Crippen LogP contribution is -2.32. The number of hydrogen-bond acceptors (Lipinski definition) is 7. The number of methoxy groups -OCH3 is 1. The Morgan fingerprint density at radius 3 is 2.76 bits per heavy atom. The van der Waals surface area contributed by atoms with E-state index in [4.69, 9.17) is 10.5 Å². The first kappa shape index (κ1) is 22.3. The summed E-state index contributed by atoms with van der Waals surface area (Å²) < 4.78 is 6.98. The number of likely N-dealkylation sites (tertiary alicyclic amines) is 1. The van der Waals surface area contributed by atoms with Crippen molar-refractivity contribution in [2.45, 2.75) is 19.1 Å². The molecule has 1 aromatic carbocycles. The van der Waals surface area contributed by atoms with E-state index in [1.807, 2.05) is 35.4 Å². The molecule has 1 atom stereocenters. The minimum absolute atomic E-state index is 0.0368. The Labute approximate surface area is 192 Å². The molecule has 0 spiro atoms. The van der Waals surface area contributed by atoms with E-state index in [0.717, 1.165) is 40.8 Å². The van der Waals surface area contributed by atoms with Gasteiger partial charge in [0.05, 0.1) is 12.3 Å².